The summed E-state index contributed by atoms with van der Waals surface area (Å²) in [6, 6.07) is 63.5. The van der Waals surface area contributed by atoms with E-state index in [9.17, 15) is 0 Å². The molecule has 55 heavy (non-hydrogen) atoms. The van der Waals surface area contributed by atoms with Gasteiger partial charge in [0.15, 0.2) is 0 Å². The normalized spacial score (nSPS) is 12.0. The van der Waals surface area contributed by atoms with Gasteiger partial charge in [0, 0.05) is 48.6 Å². The van der Waals surface area contributed by atoms with Crippen molar-refractivity contribution in [3.63, 3.8) is 0 Å². The number of benzene rings is 8. The Bertz CT molecular complexity index is 3500. The number of hydrogen-bond donors (Lipinski definition) is 0. The highest BCUT2D eigenvalue weighted by atomic mass is 32.1. The van der Waals surface area contributed by atoms with Crippen molar-refractivity contribution in [2.75, 3.05) is 0 Å². The molecule has 0 radical (unpaired) electrons. The summed E-state index contributed by atoms with van der Waals surface area (Å²) >= 11 is 1.71. The smallest absolute Gasteiger partial charge is 0.143 e. The van der Waals surface area contributed by atoms with Crippen LogP contribution in [0.4, 0.5) is 0 Å². The first-order valence-corrected chi connectivity index (χ1v) is 19.4. The average Bonchev–Trinajstić information content (AvgIpc) is 3.91. The van der Waals surface area contributed by atoms with Crippen LogP contribution in [0.2, 0.25) is 0 Å². The highest BCUT2D eigenvalue weighted by Crippen LogP contribution is 2.40. The van der Waals surface area contributed by atoms with Crippen molar-refractivity contribution in [3.05, 3.63) is 182 Å². The summed E-state index contributed by atoms with van der Waals surface area (Å²) in [7, 11) is 0. The summed E-state index contributed by atoms with van der Waals surface area (Å²) in [6.45, 7) is 0. The number of aromatic nitrogens is 4. The molecule has 0 saturated heterocycles. The Morgan fingerprint density at radius 3 is 1.75 bits per heavy atom. The van der Waals surface area contributed by atoms with Crippen molar-refractivity contribution >= 4 is 86.2 Å². The second-order valence-electron chi connectivity index (χ2n) is 14.2. The van der Waals surface area contributed by atoms with Crippen LogP contribution >= 0.6 is 11.3 Å². The van der Waals surface area contributed by atoms with E-state index in [0.29, 0.717) is 0 Å². The fourth-order valence-electron chi connectivity index (χ4n) is 8.68. The summed E-state index contributed by atoms with van der Waals surface area (Å²) in [5.74, 6) is 0. The molecule has 256 valence electrons. The summed E-state index contributed by atoms with van der Waals surface area (Å²) in [5, 5.41) is 8.58. The van der Waals surface area contributed by atoms with Crippen LogP contribution in [0.3, 0.4) is 0 Å². The standard InChI is InChI=1S/C50H30N4S/c1-2-13-35(14-3-1)53-43-19-8-6-17-38(43)40-28-32(21-24-45(40)53)33-22-25-46-41(29-33)39-18-7-9-20-44(39)54(46)36-15-10-12-34(27-36)42-30-51-50-49(52-42)48-37-16-5-4-11-31(37)23-26-47(48)55-50/h1-30H. The Labute approximate surface area is 319 Å². The van der Waals surface area contributed by atoms with Gasteiger partial charge in [0.1, 0.15) is 10.3 Å². The molecule has 0 N–H and O–H groups in total. The maximum atomic E-state index is 5.27. The first kappa shape index (κ1) is 30.4. The molecule has 0 aliphatic carbocycles. The van der Waals surface area contributed by atoms with Gasteiger partial charge in [-0.25, -0.2) is 9.97 Å². The van der Waals surface area contributed by atoms with Gasteiger partial charge in [-0.3, -0.25) is 0 Å². The molecule has 8 aromatic carbocycles. The van der Waals surface area contributed by atoms with Gasteiger partial charge in [-0.15, -0.1) is 11.3 Å². The fraction of sp³-hybridized carbons (Fsp3) is 0. The monoisotopic (exact) mass is 718 g/mol. The molecule has 0 bridgehead atoms. The van der Waals surface area contributed by atoms with Crippen LogP contribution in [-0.4, -0.2) is 19.1 Å². The highest BCUT2D eigenvalue weighted by molar-refractivity contribution is 7.25. The second kappa shape index (κ2) is 11.7. The van der Waals surface area contributed by atoms with Gasteiger partial charge in [0.25, 0.3) is 0 Å². The van der Waals surface area contributed by atoms with E-state index in [0.717, 1.165) is 27.3 Å². The molecule has 4 aromatic heterocycles. The molecule has 4 nitrogen and oxygen atoms in total. The molecular formula is C50H30N4S. The largest absolute Gasteiger partial charge is 0.309 e. The Hall–Kier alpha value is -7.08. The van der Waals surface area contributed by atoms with Crippen molar-refractivity contribution in [2.24, 2.45) is 0 Å². The van der Waals surface area contributed by atoms with Gasteiger partial charge in [0.05, 0.1) is 34.0 Å². The van der Waals surface area contributed by atoms with Crippen LogP contribution in [-0.2, 0) is 0 Å². The molecule has 0 aliphatic heterocycles. The van der Waals surface area contributed by atoms with Crippen LogP contribution in [0, 0.1) is 0 Å². The first-order chi connectivity index (χ1) is 27.3. The van der Waals surface area contributed by atoms with E-state index in [4.69, 9.17) is 9.97 Å². The average molecular weight is 719 g/mol. The molecule has 0 spiro atoms. The number of rotatable bonds is 4. The van der Waals surface area contributed by atoms with E-state index >= 15 is 0 Å². The summed E-state index contributed by atoms with van der Waals surface area (Å²) < 4.78 is 5.96. The third-order valence-electron chi connectivity index (χ3n) is 11.2. The van der Waals surface area contributed by atoms with Gasteiger partial charge in [-0.05, 0) is 88.6 Å². The molecule has 12 aromatic rings. The summed E-state index contributed by atoms with van der Waals surface area (Å²) in [5.41, 5.74) is 12.3. The Kier molecular flexibility index (Phi) is 6.47. The number of fused-ring (bicyclic) bond motifs is 11. The van der Waals surface area contributed by atoms with Crippen molar-refractivity contribution < 1.29 is 0 Å². The van der Waals surface area contributed by atoms with Crippen LogP contribution in [0.1, 0.15) is 0 Å². The van der Waals surface area contributed by atoms with Gasteiger partial charge < -0.3 is 9.13 Å². The predicted molar refractivity (Wildman–Crippen MR) is 232 cm³/mol. The lowest BCUT2D eigenvalue weighted by atomic mass is 10.0. The van der Waals surface area contributed by atoms with Gasteiger partial charge in [-0.2, -0.15) is 0 Å². The fourth-order valence-corrected chi connectivity index (χ4v) is 9.69. The SMILES string of the molecule is c1ccc(-n2c3ccccc3c3cc(-c4ccc5c(c4)c4ccccc4n5-c4cccc(-c5cnc6sc7ccc8ccccc8c7c6n5)c4)ccc32)cc1. The number of para-hydroxylation sites is 3. The topological polar surface area (TPSA) is 35.6 Å². The van der Waals surface area contributed by atoms with Gasteiger partial charge in [-0.1, -0.05) is 109 Å². The van der Waals surface area contributed by atoms with Crippen LogP contribution in [0.5, 0.6) is 0 Å². The van der Waals surface area contributed by atoms with E-state index in [2.05, 4.69) is 185 Å². The minimum absolute atomic E-state index is 0.869. The molecule has 0 amide bonds. The third-order valence-corrected chi connectivity index (χ3v) is 12.2. The minimum atomic E-state index is 0.869. The molecule has 0 atom stereocenters. The molecule has 5 heteroatoms. The van der Waals surface area contributed by atoms with Crippen molar-refractivity contribution in [3.8, 4) is 33.8 Å². The van der Waals surface area contributed by atoms with Crippen molar-refractivity contribution in [1.82, 2.24) is 19.1 Å². The molecule has 0 aliphatic rings. The lowest BCUT2D eigenvalue weighted by Crippen LogP contribution is -1.95. The molecule has 0 fully saturated rings. The van der Waals surface area contributed by atoms with Crippen LogP contribution in [0.25, 0.3) is 109 Å². The van der Waals surface area contributed by atoms with Crippen LogP contribution < -0.4 is 0 Å². The lowest BCUT2D eigenvalue weighted by molar-refractivity contribution is 1.18. The lowest BCUT2D eigenvalue weighted by Gasteiger charge is -2.11. The van der Waals surface area contributed by atoms with E-state index in [-0.39, 0.29) is 0 Å². The zero-order chi connectivity index (χ0) is 36.0. The minimum Gasteiger partial charge on any atom is -0.309 e. The van der Waals surface area contributed by atoms with Crippen molar-refractivity contribution in [1.29, 1.82) is 0 Å². The van der Waals surface area contributed by atoms with Gasteiger partial charge in [0.2, 0.25) is 0 Å². The molecular weight excluding hydrogens is 689 g/mol. The summed E-state index contributed by atoms with van der Waals surface area (Å²) in [6.07, 6.45) is 1.92. The maximum Gasteiger partial charge on any atom is 0.143 e. The highest BCUT2D eigenvalue weighted by Gasteiger charge is 2.17. The molecule has 0 saturated carbocycles. The van der Waals surface area contributed by atoms with Crippen molar-refractivity contribution in [2.45, 2.75) is 0 Å². The van der Waals surface area contributed by atoms with E-state index < -0.39 is 0 Å². The van der Waals surface area contributed by atoms with Crippen LogP contribution in [0.15, 0.2) is 182 Å². The zero-order valence-electron chi connectivity index (χ0n) is 29.5. The van der Waals surface area contributed by atoms with E-state index in [1.807, 2.05) is 6.20 Å². The zero-order valence-corrected chi connectivity index (χ0v) is 30.3. The maximum absolute atomic E-state index is 5.27. The van der Waals surface area contributed by atoms with E-state index in [1.54, 1.807) is 11.3 Å². The first-order valence-electron chi connectivity index (χ1n) is 18.6. The summed E-state index contributed by atoms with van der Waals surface area (Å²) in [4.78, 5) is 11.2. The molecule has 4 heterocycles. The number of thiophene rings is 1. The quantitative estimate of drug-likeness (QED) is 0.182. The second-order valence-corrected chi connectivity index (χ2v) is 15.3. The predicted octanol–water partition coefficient (Wildman–Crippen LogP) is 13.5. The number of nitrogens with zero attached hydrogens (tertiary/aromatic N) is 4. The van der Waals surface area contributed by atoms with E-state index in [1.165, 1.54) is 81.3 Å². The Morgan fingerprint density at radius 1 is 0.418 bits per heavy atom. The molecule has 12 rings (SSSR count). The third kappa shape index (κ3) is 4.57. The molecule has 0 unspecified atom stereocenters. The Morgan fingerprint density at radius 2 is 1.02 bits per heavy atom. The van der Waals surface area contributed by atoms with Gasteiger partial charge >= 0.3 is 0 Å². The number of hydrogen-bond acceptors (Lipinski definition) is 3. The Balaban J connectivity index is 0.997.